The van der Waals surface area contributed by atoms with E-state index in [9.17, 15) is 14.9 Å². The molecule has 0 aromatic heterocycles. The first kappa shape index (κ1) is 20.8. The molecule has 1 N–H and O–H groups in total. The summed E-state index contributed by atoms with van der Waals surface area (Å²) in [6.07, 6.45) is 3.55. The minimum Gasteiger partial charge on any atom is -0.497 e. The van der Waals surface area contributed by atoms with Crippen molar-refractivity contribution in [2.24, 2.45) is 0 Å². The van der Waals surface area contributed by atoms with Gasteiger partial charge in [-0.25, -0.2) is 0 Å². The summed E-state index contributed by atoms with van der Waals surface area (Å²) in [6, 6.07) is 12.5. The van der Waals surface area contributed by atoms with E-state index in [0.29, 0.717) is 17.7 Å². The number of hydrogen-bond acceptors (Lipinski definition) is 5. The van der Waals surface area contributed by atoms with Crippen LogP contribution < -0.4 is 10.1 Å². The van der Waals surface area contributed by atoms with Gasteiger partial charge in [-0.1, -0.05) is 18.6 Å². The molecule has 3 rings (SSSR count). The van der Waals surface area contributed by atoms with E-state index in [1.54, 1.807) is 20.1 Å². The van der Waals surface area contributed by atoms with Crippen LogP contribution in [0, 0.1) is 17.0 Å². The first-order valence-electron chi connectivity index (χ1n) is 9.91. The van der Waals surface area contributed by atoms with Gasteiger partial charge in [-0.2, -0.15) is 0 Å². The van der Waals surface area contributed by atoms with Gasteiger partial charge < -0.3 is 10.1 Å². The van der Waals surface area contributed by atoms with E-state index in [4.69, 9.17) is 4.74 Å². The van der Waals surface area contributed by atoms with Gasteiger partial charge in [0.2, 0.25) is 0 Å². The molecule has 0 spiro atoms. The first-order chi connectivity index (χ1) is 14.0. The van der Waals surface area contributed by atoms with Gasteiger partial charge in [0.15, 0.2) is 0 Å². The topological polar surface area (TPSA) is 84.7 Å². The Bertz CT molecular complexity index is 861. The highest BCUT2D eigenvalue weighted by molar-refractivity contribution is 5.94. The van der Waals surface area contributed by atoms with Gasteiger partial charge in [0, 0.05) is 23.7 Å². The number of nitrogens with one attached hydrogen (secondary N) is 1. The number of carbonyl (C=O) groups is 1. The highest BCUT2D eigenvalue weighted by Gasteiger charge is 2.23. The second-order valence-corrected chi connectivity index (χ2v) is 7.35. The van der Waals surface area contributed by atoms with E-state index >= 15 is 0 Å². The maximum absolute atomic E-state index is 12.7. The lowest BCUT2D eigenvalue weighted by atomic mass is 10.0. The number of hydrogen-bond donors (Lipinski definition) is 1. The van der Waals surface area contributed by atoms with Crippen molar-refractivity contribution in [3.8, 4) is 5.75 Å². The van der Waals surface area contributed by atoms with Crippen LogP contribution in [-0.4, -0.2) is 42.5 Å². The molecule has 7 heteroatoms. The fourth-order valence-corrected chi connectivity index (χ4v) is 3.81. The summed E-state index contributed by atoms with van der Waals surface area (Å²) >= 11 is 0. The molecule has 1 fully saturated rings. The molecule has 0 aliphatic carbocycles. The van der Waals surface area contributed by atoms with Crippen LogP contribution in [0.2, 0.25) is 0 Å². The molecule has 29 heavy (non-hydrogen) atoms. The van der Waals surface area contributed by atoms with Crippen LogP contribution in [0.3, 0.4) is 0 Å². The summed E-state index contributed by atoms with van der Waals surface area (Å²) in [7, 11) is 1.64. The smallest absolute Gasteiger partial charge is 0.272 e. The SMILES string of the molecule is COc1ccc(C(CNC(=O)c2ccc([N+](=O)[O-])c(C)c2)N2CCCCC2)cc1. The molecule has 1 atom stereocenters. The zero-order valence-electron chi connectivity index (χ0n) is 16.9. The number of methoxy groups -OCH3 is 1. The van der Waals surface area contributed by atoms with Crippen LogP contribution in [0.1, 0.15) is 46.8 Å². The van der Waals surface area contributed by atoms with Crippen molar-refractivity contribution in [2.45, 2.75) is 32.2 Å². The lowest BCUT2D eigenvalue weighted by Gasteiger charge is -2.35. The van der Waals surface area contributed by atoms with Crippen LogP contribution in [0.15, 0.2) is 42.5 Å². The molecule has 1 saturated heterocycles. The molecule has 1 aliphatic rings. The standard InChI is InChI=1S/C22H27N3O4/c1-16-14-18(8-11-20(16)25(27)28)22(26)23-15-21(24-12-4-3-5-13-24)17-6-9-19(29-2)10-7-17/h6-11,14,21H,3-5,12-13,15H2,1-2H3,(H,23,26). The fraction of sp³-hybridized carbons (Fsp3) is 0.409. The lowest BCUT2D eigenvalue weighted by Crippen LogP contribution is -2.40. The van der Waals surface area contributed by atoms with Gasteiger partial charge in [-0.15, -0.1) is 0 Å². The number of benzene rings is 2. The van der Waals surface area contributed by atoms with Crippen molar-refractivity contribution in [2.75, 3.05) is 26.7 Å². The molecule has 1 amide bonds. The molecule has 0 bridgehead atoms. The highest BCUT2D eigenvalue weighted by atomic mass is 16.6. The van der Waals surface area contributed by atoms with Crippen molar-refractivity contribution in [3.05, 3.63) is 69.3 Å². The molecular formula is C22H27N3O4. The van der Waals surface area contributed by atoms with Crippen molar-refractivity contribution >= 4 is 11.6 Å². The number of ether oxygens (including phenoxy) is 1. The normalized spacial score (nSPS) is 15.5. The fourth-order valence-electron chi connectivity index (χ4n) is 3.81. The van der Waals surface area contributed by atoms with E-state index in [-0.39, 0.29) is 17.6 Å². The zero-order valence-corrected chi connectivity index (χ0v) is 16.9. The Balaban J connectivity index is 1.74. The minimum absolute atomic E-state index is 0.0194. The maximum atomic E-state index is 12.7. The third-order valence-corrected chi connectivity index (χ3v) is 5.44. The van der Waals surface area contributed by atoms with Crippen molar-refractivity contribution in [3.63, 3.8) is 0 Å². The number of carbonyl (C=O) groups excluding carboxylic acids is 1. The molecule has 154 valence electrons. The zero-order chi connectivity index (χ0) is 20.8. The van der Waals surface area contributed by atoms with Gasteiger partial charge >= 0.3 is 0 Å². The Morgan fingerprint density at radius 3 is 2.45 bits per heavy atom. The van der Waals surface area contributed by atoms with Gasteiger partial charge in [0.05, 0.1) is 18.1 Å². The lowest BCUT2D eigenvalue weighted by molar-refractivity contribution is -0.385. The second-order valence-electron chi connectivity index (χ2n) is 7.35. The van der Waals surface area contributed by atoms with E-state index < -0.39 is 4.92 Å². The Hall–Kier alpha value is -2.93. The van der Waals surface area contributed by atoms with Gasteiger partial charge in [-0.3, -0.25) is 19.8 Å². The number of amides is 1. The number of nitro groups is 1. The number of nitrogens with zero attached hydrogens (tertiary/aromatic N) is 2. The number of piperidine rings is 1. The molecule has 0 radical (unpaired) electrons. The van der Waals surface area contributed by atoms with Crippen LogP contribution in [-0.2, 0) is 0 Å². The monoisotopic (exact) mass is 397 g/mol. The van der Waals surface area contributed by atoms with Crippen LogP contribution in [0.5, 0.6) is 5.75 Å². The third-order valence-electron chi connectivity index (χ3n) is 5.44. The largest absolute Gasteiger partial charge is 0.497 e. The van der Waals surface area contributed by atoms with Crippen molar-refractivity contribution in [1.82, 2.24) is 10.2 Å². The summed E-state index contributed by atoms with van der Waals surface area (Å²) in [5.41, 5.74) is 2.06. The first-order valence-corrected chi connectivity index (χ1v) is 9.91. The molecule has 0 saturated carbocycles. The molecule has 1 aliphatic heterocycles. The number of likely N-dealkylation sites (tertiary alicyclic amines) is 1. The van der Waals surface area contributed by atoms with E-state index in [0.717, 1.165) is 37.2 Å². The summed E-state index contributed by atoms with van der Waals surface area (Å²) in [4.78, 5) is 25.6. The van der Waals surface area contributed by atoms with E-state index in [1.807, 2.05) is 24.3 Å². The van der Waals surface area contributed by atoms with Gasteiger partial charge in [0.25, 0.3) is 11.6 Å². The van der Waals surface area contributed by atoms with Gasteiger partial charge in [-0.05, 0) is 62.7 Å². The van der Waals surface area contributed by atoms with Gasteiger partial charge in [0.1, 0.15) is 5.75 Å². The molecular weight excluding hydrogens is 370 g/mol. The van der Waals surface area contributed by atoms with Crippen molar-refractivity contribution in [1.29, 1.82) is 0 Å². The predicted octanol–water partition coefficient (Wildman–Crippen LogP) is 3.87. The maximum Gasteiger partial charge on any atom is 0.272 e. The second kappa shape index (κ2) is 9.52. The summed E-state index contributed by atoms with van der Waals surface area (Å²) < 4.78 is 5.26. The molecule has 7 nitrogen and oxygen atoms in total. The molecule has 1 heterocycles. The number of aryl methyl sites for hydroxylation is 1. The quantitative estimate of drug-likeness (QED) is 0.566. The van der Waals surface area contributed by atoms with Crippen LogP contribution in [0.4, 0.5) is 5.69 Å². The Morgan fingerprint density at radius 2 is 1.86 bits per heavy atom. The molecule has 2 aromatic rings. The van der Waals surface area contributed by atoms with Crippen LogP contribution >= 0.6 is 0 Å². The summed E-state index contributed by atoms with van der Waals surface area (Å²) in [6.45, 7) is 4.12. The summed E-state index contributed by atoms with van der Waals surface area (Å²) in [5.74, 6) is 0.579. The Morgan fingerprint density at radius 1 is 1.17 bits per heavy atom. The average molecular weight is 397 g/mol. The average Bonchev–Trinajstić information content (AvgIpc) is 2.74. The van der Waals surface area contributed by atoms with E-state index in [1.165, 1.54) is 18.6 Å². The molecule has 2 aromatic carbocycles. The Kier molecular flexibility index (Phi) is 6.82. The summed E-state index contributed by atoms with van der Waals surface area (Å²) in [5, 5.41) is 14.0. The predicted molar refractivity (Wildman–Crippen MR) is 111 cm³/mol. The number of rotatable bonds is 7. The van der Waals surface area contributed by atoms with Crippen LogP contribution in [0.25, 0.3) is 0 Å². The highest BCUT2D eigenvalue weighted by Crippen LogP contribution is 2.26. The Labute approximate surface area is 170 Å². The minimum atomic E-state index is -0.437. The third kappa shape index (κ3) is 5.12. The van der Waals surface area contributed by atoms with Crippen molar-refractivity contribution < 1.29 is 14.5 Å². The molecule has 1 unspecified atom stereocenters. The van der Waals surface area contributed by atoms with E-state index in [2.05, 4.69) is 10.2 Å². The number of nitro benzene ring substituents is 1.